The Balaban J connectivity index is 3.54. The highest BCUT2D eigenvalue weighted by atomic mass is 16.5. The van der Waals surface area contributed by atoms with Gasteiger partial charge in [0, 0.05) is 12.2 Å². The van der Waals surface area contributed by atoms with Crippen molar-refractivity contribution in [3.8, 4) is 0 Å². The smallest absolute Gasteiger partial charge is 0.330 e. The van der Waals surface area contributed by atoms with Crippen molar-refractivity contribution < 1.29 is 14.6 Å². The Bertz CT molecular complexity index is 168. The monoisotopic (exact) mass is 173 g/mol. The maximum absolute atomic E-state index is 10.3. The predicted octanol–water partition coefficient (Wildman–Crippen LogP) is 0.729. The number of rotatable bonds is 6. The first-order chi connectivity index (χ1) is 5.57. The molecule has 0 bridgehead atoms. The molecule has 1 unspecified atom stereocenters. The van der Waals surface area contributed by atoms with Crippen LogP contribution in [0.5, 0.6) is 0 Å². The van der Waals surface area contributed by atoms with Gasteiger partial charge in [-0.25, -0.2) is 4.79 Å². The second kappa shape index (κ2) is 5.74. The van der Waals surface area contributed by atoms with Gasteiger partial charge in [-0.3, -0.25) is 0 Å². The van der Waals surface area contributed by atoms with Gasteiger partial charge < -0.3 is 15.6 Å². The molecule has 0 aromatic rings. The third-order valence-corrected chi connectivity index (χ3v) is 1.41. The van der Waals surface area contributed by atoms with E-state index in [4.69, 9.17) is 15.6 Å². The number of nitrogens with two attached hydrogens (primary N) is 1. The lowest BCUT2D eigenvalue weighted by Gasteiger charge is -2.10. The van der Waals surface area contributed by atoms with Gasteiger partial charge in [0.15, 0.2) is 0 Å². The summed E-state index contributed by atoms with van der Waals surface area (Å²) in [4.78, 5) is 10.3. The summed E-state index contributed by atoms with van der Waals surface area (Å²) in [7, 11) is 0. The summed E-state index contributed by atoms with van der Waals surface area (Å²) >= 11 is 0. The molecule has 0 aromatic carbocycles. The average Bonchev–Trinajstić information content (AvgIpc) is 2.00. The number of ether oxygens (including phenoxy) is 1. The molecule has 0 saturated heterocycles. The van der Waals surface area contributed by atoms with E-state index in [2.05, 4.69) is 6.58 Å². The summed E-state index contributed by atoms with van der Waals surface area (Å²) in [6, 6.07) is 0. The van der Waals surface area contributed by atoms with Crippen LogP contribution in [0.25, 0.3) is 0 Å². The van der Waals surface area contributed by atoms with Crippen molar-refractivity contribution in [2.45, 2.75) is 26.0 Å². The molecule has 0 fully saturated rings. The van der Waals surface area contributed by atoms with Crippen molar-refractivity contribution in [3.63, 3.8) is 0 Å². The van der Waals surface area contributed by atoms with E-state index in [0.29, 0.717) is 19.4 Å². The molecular weight excluding hydrogens is 158 g/mol. The van der Waals surface area contributed by atoms with E-state index in [1.54, 1.807) is 0 Å². The average molecular weight is 173 g/mol. The minimum Gasteiger partial charge on any atom is -0.478 e. The Morgan fingerprint density at radius 3 is 2.75 bits per heavy atom. The molecule has 0 aromatic heterocycles. The van der Waals surface area contributed by atoms with Gasteiger partial charge >= 0.3 is 5.97 Å². The largest absolute Gasteiger partial charge is 0.478 e. The Morgan fingerprint density at radius 1 is 1.75 bits per heavy atom. The van der Waals surface area contributed by atoms with Gasteiger partial charge in [0.2, 0.25) is 0 Å². The summed E-state index contributed by atoms with van der Waals surface area (Å²) in [5.74, 6) is -0.973. The molecule has 4 heteroatoms. The Hall–Kier alpha value is -0.870. The summed E-state index contributed by atoms with van der Waals surface area (Å²) < 4.78 is 5.02. The Morgan fingerprint density at radius 2 is 2.33 bits per heavy atom. The number of carboxylic acid groups (broad SMARTS) is 1. The minimum absolute atomic E-state index is 0.171. The fourth-order valence-electron chi connectivity index (χ4n) is 0.721. The van der Waals surface area contributed by atoms with Crippen LogP contribution in [-0.4, -0.2) is 23.9 Å². The molecule has 0 aliphatic heterocycles. The zero-order valence-corrected chi connectivity index (χ0v) is 7.25. The zero-order chi connectivity index (χ0) is 9.56. The molecule has 0 radical (unpaired) electrons. The second-order valence-corrected chi connectivity index (χ2v) is 2.44. The van der Waals surface area contributed by atoms with Crippen molar-refractivity contribution >= 4 is 5.97 Å². The molecule has 0 rings (SSSR count). The molecule has 0 amide bonds. The van der Waals surface area contributed by atoms with E-state index >= 15 is 0 Å². The molecule has 70 valence electrons. The van der Waals surface area contributed by atoms with Crippen LogP contribution in [0.4, 0.5) is 0 Å². The van der Waals surface area contributed by atoms with Gasteiger partial charge in [-0.15, -0.1) is 0 Å². The number of carboxylic acids is 1. The van der Waals surface area contributed by atoms with Crippen molar-refractivity contribution in [1.82, 2.24) is 0 Å². The van der Waals surface area contributed by atoms with E-state index < -0.39 is 5.97 Å². The van der Waals surface area contributed by atoms with E-state index in [-0.39, 0.29) is 11.8 Å². The zero-order valence-electron chi connectivity index (χ0n) is 7.25. The normalized spacial score (nSPS) is 12.5. The summed E-state index contributed by atoms with van der Waals surface area (Å²) in [5, 5.41) is 8.44. The van der Waals surface area contributed by atoms with Crippen LogP contribution in [0.3, 0.4) is 0 Å². The molecule has 3 N–H and O–H groups in total. The fraction of sp³-hybridized carbons (Fsp3) is 0.625. The van der Waals surface area contributed by atoms with Crippen molar-refractivity contribution in [2.24, 2.45) is 5.73 Å². The summed E-state index contributed by atoms with van der Waals surface area (Å²) in [5.41, 5.74) is 5.65. The van der Waals surface area contributed by atoms with E-state index in [1.807, 2.05) is 6.92 Å². The fourth-order valence-corrected chi connectivity index (χ4v) is 0.721. The molecule has 0 aliphatic rings. The van der Waals surface area contributed by atoms with Crippen LogP contribution in [0.15, 0.2) is 12.2 Å². The van der Waals surface area contributed by atoms with E-state index in [1.165, 1.54) is 0 Å². The first kappa shape index (κ1) is 11.1. The number of aliphatic carboxylic acids is 1. The summed E-state index contributed by atoms with van der Waals surface area (Å²) in [6.45, 7) is 5.76. The minimum atomic E-state index is -0.973. The van der Waals surface area contributed by atoms with Gasteiger partial charge in [-0.05, 0) is 19.8 Å². The van der Waals surface area contributed by atoms with Crippen molar-refractivity contribution in [1.29, 1.82) is 0 Å². The number of carbonyl (C=O) groups is 1. The second-order valence-electron chi connectivity index (χ2n) is 2.44. The molecular formula is C8H15NO3. The lowest BCUT2D eigenvalue weighted by molar-refractivity contribution is -0.132. The van der Waals surface area contributed by atoms with Crippen LogP contribution < -0.4 is 5.73 Å². The molecule has 0 aliphatic carbocycles. The molecule has 4 nitrogen and oxygen atoms in total. The highest BCUT2D eigenvalue weighted by Crippen LogP contribution is 2.04. The maximum atomic E-state index is 10.3. The highest BCUT2D eigenvalue weighted by molar-refractivity contribution is 5.85. The molecule has 12 heavy (non-hydrogen) atoms. The van der Waals surface area contributed by atoms with E-state index in [9.17, 15) is 4.79 Å². The van der Waals surface area contributed by atoms with Crippen LogP contribution in [0.2, 0.25) is 0 Å². The standard InChI is InChI=1S/C8H15NO3/c1-3-12-7(9)5-4-6(2)8(10)11/h7H,2-5,9H2,1H3,(H,10,11). The van der Waals surface area contributed by atoms with Crippen molar-refractivity contribution in [3.05, 3.63) is 12.2 Å². The third-order valence-electron chi connectivity index (χ3n) is 1.41. The quantitative estimate of drug-likeness (QED) is 0.458. The first-order valence-corrected chi connectivity index (χ1v) is 3.86. The van der Waals surface area contributed by atoms with E-state index in [0.717, 1.165) is 0 Å². The van der Waals surface area contributed by atoms with Crippen LogP contribution >= 0.6 is 0 Å². The molecule has 0 saturated carbocycles. The lowest BCUT2D eigenvalue weighted by atomic mass is 10.1. The van der Waals surface area contributed by atoms with Crippen LogP contribution in [0, 0.1) is 0 Å². The van der Waals surface area contributed by atoms with Gasteiger partial charge in [-0.1, -0.05) is 6.58 Å². The lowest BCUT2D eigenvalue weighted by Crippen LogP contribution is -2.24. The summed E-state index contributed by atoms with van der Waals surface area (Å²) in [6.07, 6.45) is 0.487. The Kier molecular flexibility index (Phi) is 5.32. The van der Waals surface area contributed by atoms with Gasteiger partial charge in [0.25, 0.3) is 0 Å². The van der Waals surface area contributed by atoms with Gasteiger partial charge in [0.05, 0.1) is 0 Å². The highest BCUT2D eigenvalue weighted by Gasteiger charge is 2.07. The van der Waals surface area contributed by atoms with Crippen LogP contribution in [-0.2, 0) is 9.53 Å². The Labute approximate surface area is 72.0 Å². The maximum Gasteiger partial charge on any atom is 0.330 e. The van der Waals surface area contributed by atoms with Gasteiger partial charge in [-0.2, -0.15) is 0 Å². The SMILES string of the molecule is C=C(CCC(N)OCC)C(=O)O. The molecule has 1 atom stereocenters. The third kappa shape index (κ3) is 4.87. The number of hydrogen-bond donors (Lipinski definition) is 2. The molecule has 0 heterocycles. The molecule has 0 spiro atoms. The first-order valence-electron chi connectivity index (χ1n) is 3.86. The predicted molar refractivity (Wildman–Crippen MR) is 45.6 cm³/mol. The van der Waals surface area contributed by atoms with Crippen molar-refractivity contribution in [2.75, 3.05) is 6.61 Å². The number of hydrogen-bond acceptors (Lipinski definition) is 3. The van der Waals surface area contributed by atoms with Crippen LogP contribution in [0.1, 0.15) is 19.8 Å². The topological polar surface area (TPSA) is 72.5 Å². The van der Waals surface area contributed by atoms with Gasteiger partial charge in [0.1, 0.15) is 6.23 Å².